The summed E-state index contributed by atoms with van der Waals surface area (Å²) in [6, 6.07) is 144. The van der Waals surface area contributed by atoms with Crippen LogP contribution in [0.5, 0.6) is 0 Å². The van der Waals surface area contributed by atoms with Gasteiger partial charge in [0.1, 0.15) is 30.0 Å². The fourth-order valence-electron chi connectivity index (χ4n) is 11.0. The molecule has 126 heavy (non-hydrogen) atoms. The molecule has 0 saturated heterocycles. The number of nitrogens with zero attached hydrogens (tertiary/aromatic N) is 5. The molecule has 0 bridgehead atoms. The van der Waals surface area contributed by atoms with Crippen molar-refractivity contribution in [3.05, 3.63) is 492 Å². The molecule has 0 fully saturated rings. The maximum absolute atomic E-state index is 13.4. The van der Waals surface area contributed by atoms with E-state index in [1.165, 1.54) is 129 Å². The van der Waals surface area contributed by atoms with Gasteiger partial charge in [0.2, 0.25) is 0 Å². The van der Waals surface area contributed by atoms with E-state index in [2.05, 4.69) is 425 Å². The van der Waals surface area contributed by atoms with E-state index in [4.69, 9.17) is 54.1 Å². The van der Waals surface area contributed by atoms with Crippen molar-refractivity contribution in [3.63, 3.8) is 0 Å². The van der Waals surface area contributed by atoms with E-state index in [0.717, 1.165) is 3.70 Å². The summed E-state index contributed by atoms with van der Waals surface area (Å²) in [4.78, 5) is 18.7. The van der Waals surface area contributed by atoms with Crippen LogP contribution in [-0.4, -0.2) is 48.0 Å². The molecule has 0 spiro atoms. The molecule has 26 heteroatoms. The molecule has 0 atom stereocenters. The Bertz CT molecular complexity index is 4780. The molecule has 0 aliphatic carbocycles. The molecule has 632 valence electrons. The van der Waals surface area contributed by atoms with E-state index in [-0.39, 0.29) is 82.8 Å². The zero-order chi connectivity index (χ0) is 87.9. The topological polar surface area (TPSA) is 116 Å². The van der Waals surface area contributed by atoms with Crippen molar-refractivity contribution in [2.45, 2.75) is 13.8 Å². The van der Waals surface area contributed by atoms with Gasteiger partial charge in [0, 0.05) is 38.6 Å². The quantitative estimate of drug-likeness (QED) is 0.0388. The Morgan fingerprint density at radius 1 is 0.341 bits per heavy atom. The molecule has 0 aliphatic rings. The van der Waals surface area contributed by atoms with Gasteiger partial charge in [-0.3, -0.25) is 4.98 Å². The van der Waals surface area contributed by atoms with Crippen molar-refractivity contribution >= 4 is 224 Å². The van der Waals surface area contributed by atoms with Crippen LogP contribution < -0.4 is 87.5 Å². The number of nitrogens with two attached hydrogens (primary N) is 2. The van der Waals surface area contributed by atoms with E-state index in [9.17, 15) is 13.2 Å². The van der Waals surface area contributed by atoms with Gasteiger partial charge < -0.3 is 35.3 Å². The third-order valence-corrected chi connectivity index (χ3v) is 27.8. The summed E-state index contributed by atoms with van der Waals surface area (Å²) in [5.41, 5.74) is 12.5. The maximum Gasteiger partial charge on any atom is -0.0134 e. The SMILES string of the molecule is C[CH-]C.Fc1[c-]nccc1.Fc1cccnc1Br.Nc1ccc(Cl)nc1-c1ncccc1F.Nc1ccc(Cl)nc1I.[Cl-].[Cl][Zn][Cl].[Mg+2].[Pd].[Zn+][Br].c1ccc(P(c2ccccc2)c2ccccc2)cc1.c1ccc(P(c2ccccc2)c2ccccc2)cc1.c1ccc(P(c2ccccc2)c2ccccc2)cc1.c1ccc(P(c2ccccc2)c2ccccc2)cc1. The number of nitrogen functional groups attached to an aromatic ring is 2. The third kappa shape index (κ3) is 40.8. The molecule has 17 rings (SSSR count). The van der Waals surface area contributed by atoms with Crippen molar-refractivity contribution in [3.8, 4) is 11.4 Å². The van der Waals surface area contributed by atoms with Gasteiger partial charge in [-0.15, -0.1) is 6.07 Å². The van der Waals surface area contributed by atoms with Gasteiger partial charge in [0.05, 0.1) is 11.4 Å². The normalized spacial score (nSPS) is 9.63. The second-order valence-electron chi connectivity index (χ2n) is 24.8. The average molecular weight is 2290 g/mol. The first-order valence-corrected chi connectivity index (χ1v) is 60.7. The van der Waals surface area contributed by atoms with Gasteiger partial charge in [-0.25, -0.2) is 28.1 Å². The summed E-state index contributed by atoms with van der Waals surface area (Å²) in [5.74, 6) is -1.21. The standard InChI is InChI=1S/4C18H15P.C10H7ClFN3.C5H3BrFN.C5H4ClIN2.C5H3FN.C3H7.BrH.3ClH.Mg.Pd.2Zn/c4*1-4-10-16(11-5-1)19(17-12-6-2-7-13-17)18-14-8-3-9-15-18;11-8-4-3-7(13)10(15-8)9-6(12)2-1-5-14-9;6-5-4(7)2-1-3-8-5;6-4-2-1-3(8)5(7)9-4;6-5-2-1-3-7-4-5;1-3-2;;;;;;;;/h4*1-15H;1-5H,13H2;1-3H;1-2H,8H2;1-3H;3H,1-2H3;4*1H;;;;/q;;;;;;;2*-1;;;;;+2;;2*+2/p-4. The number of anilines is 2. The number of benzene rings is 12. The molecule has 7 nitrogen and oxygen atoms in total. The Balaban J connectivity index is 0.000000303. The fraction of sp³-hybridized carbons (Fsp3) is 0.0200. The summed E-state index contributed by atoms with van der Waals surface area (Å²) in [6.45, 7) is 4.00. The zero-order valence-corrected chi connectivity index (χ0v) is 90.1. The minimum absolute atomic E-state index is 0. The average Bonchev–Trinajstić information content (AvgIpc) is 0.868. The second kappa shape index (κ2) is 67.5. The van der Waals surface area contributed by atoms with Gasteiger partial charge >= 0.3 is 87.5 Å². The van der Waals surface area contributed by atoms with E-state index >= 15 is 0 Å². The second-order valence-corrected chi connectivity index (χ2v) is 40.9. The number of hydrogen-bond donors (Lipinski definition) is 2. The number of hydrogen-bond acceptors (Lipinski definition) is 7. The zero-order valence-electron chi connectivity index (χ0n) is 68.5. The van der Waals surface area contributed by atoms with Crippen molar-refractivity contribution in [2.75, 3.05) is 11.5 Å². The predicted octanol–water partition coefficient (Wildman–Crippen LogP) is 21.3. The molecule has 0 aliphatic heterocycles. The first-order chi connectivity index (χ1) is 60.2. The molecule has 0 radical (unpaired) electrons. The molecule has 17 aromatic rings. The molecule has 0 saturated carbocycles. The van der Waals surface area contributed by atoms with Crippen LogP contribution in [0.1, 0.15) is 13.8 Å². The van der Waals surface area contributed by atoms with Crippen LogP contribution in [0, 0.1) is 33.8 Å². The Labute approximate surface area is 845 Å². The Morgan fingerprint density at radius 3 is 0.746 bits per heavy atom. The Morgan fingerprint density at radius 2 is 0.563 bits per heavy atom. The van der Waals surface area contributed by atoms with Crippen molar-refractivity contribution in [1.29, 1.82) is 0 Å². The minimum atomic E-state index is -0.931. The summed E-state index contributed by atoms with van der Waals surface area (Å²) >= 11 is 19.5. The van der Waals surface area contributed by atoms with E-state index in [1.807, 2.05) is 42.9 Å². The van der Waals surface area contributed by atoms with Crippen LogP contribution in [0.15, 0.2) is 448 Å². The number of aromatic nitrogens is 5. The molecular formula is C100H84Br2Cl5F3IMgN7P4PdZn2. The molecule has 4 N–H and O–H groups in total. The van der Waals surface area contributed by atoms with Gasteiger partial charge in [0.25, 0.3) is 0 Å². The number of halogens is 11. The molecule has 12 aromatic carbocycles. The number of rotatable bonds is 13. The van der Waals surface area contributed by atoms with E-state index < -0.39 is 58.5 Å². The summed E-state index contributed by atoms with van der Waals surface area (Å²) in [7, 11) is 8.12. The van der Waals surface area contributed by atoms with Crippen LogP contribution in [0.3, 0.4) is 0 Å². The molecule has 0 unspecified atom stereocenters. The third-order valence-electron chi connectivity index (χ3n) is 16.2. The van der Waals surface area contributed by atoms with Crippen LogP contribution in [0.4, 0.5) is 24.5 Å². The monoisotopic (exact) mass is 2280 g/mol. The summed E-state index contributed by atoms with van der Waals surface area (Å²) < 4.78 is 38.4. The van der Waals surface area contributed by atoms with Crippen molar-refractivity contribution in [2.24, 2.45) is 0 Å². The van der Waals surface area contributed by atoms with Crippen molar-refractivity contribution in [1.82, 2.24) is 24.9 Å². The largest absolute Gasteiger partial charge is 0.0622 e. The summed E-state index contributed by atoms with van der Waals surface area (Å²) in [5, 5.41) is 17.5. The number of pyridine rings is 5. The van der Waals surface area contributed by atoms with Crippen LogP contribution in [-0.2, 0) is 51.9 Å². The van der Waals surface area contributed by atoms with Crippen LogP contribution in [0.2, 0.25) is 10.3 Å². The van der Waals surface area contributed by atoms with Gasteiger partial charge in [0.15, 0.2) is 11.6 Å². The van der Waals surface area contributed by atoms with E-state index in [0.29, 0.717) is 16.5 Å². The molecular weight excluding hydrogens is 2210 g/mol. The van der Waals surface area contributed by atoms with Crippen molar-refractivity contribution < 1.29 is 77.5 Å². The smallest absolute Gasteiger partial charge is 0.0134 e. The van der Waals surface area contributed by atoms with Crippen LogP contribution in [0.25, 0.3) is 11.4 Å². The van der Waals surface area contributed by atoms with E-state index in [1.54, 1.807) is 30.3 Å². The minimum Gasteiger partial charge on any atom is -0.0622 e. The Kier molecular flexibility index (Phi) is 59.8. The summed E-state index contributed by atoms with van der Waals surface area (Å²) in [6.07, 6.45) is 8.58. The first-order valence-electron chi connectivity index (χ1n) is 38.0. The molecule has 0 amide bonds. The molecule has 5 aromatic heterocycles. The van der Waals surface area contributed by atoms with Gasteiger partial charge in [-0.2, -0.15) is 19.9 Å². The van der Waals surface area contributed by atoms with Gasteiger partial charge in [-0.05, 0) is 189 Å². The first kappa shape index (κ1) is 112. The van der Waals surface area contributed by atoms with Gasteiger partial charge in [-0.1, -0.05) is 393 Å². The fourth-order valence-corrected chi connectivity index (χ4v) is 21.4. The Hall–Kier alpha value is -6.68. The van der Waals surface area contributed by atoms with Crippen LogP contribution >= 0.6 is 126 Å². The molecule has 5 heterocycles. The predicted molar refractivity (Wildman–Crippen MR) is 541 cm³/mol. The maximum atomic E-state index is 13.4.